The van der Waals surface area contributed by atoms with Gasteiger partial charge in [0.1, 0.15) is 24.8 Å². The van der Waals surface area contributed by atoms with Gasteiger partial charge in [0.2, 0.25) is 0 Å². The van der Waals surface area contributed by atoms with E-state index >= 15 is 0 Å². The maximum Gasteiger partial charge on any atom is 0.339 e. The molecule has 3 rings (SSSR count). The summed E-state index contributed by atoms with van der Waals surface area (Å²) in [6, 6.07) is 13.6. The summed E-state index contributed by atoms with van der Waals surface area (Å²) in [6.45, 7) is -0.0322. The first-order chi connectivity index (χ1) is 14.3. The standard InChI is InChI=1S/C22H14Cl2F2O4/c23-19-9-15(25)5-7-17(19)21(27)29-11-13-1-2-14(4-3-13)12-30-22(28)18-8-6-16(26)10-20(18)24/h1-10H,11-12H2. The number of benzene rings is 3. The van der Waals surface area contributed by atoms with Crippen LogP contribution in [0.2, 0.25) is 10.0 Å². The first-order valence-corrected chi connectivity index (χ1v) is 9.41. The maximum atomic E-state index is 13.1. The highest BCUT2D eigenvalue weighted by atomic mass is 35.5. The summed E-state index contributed by atoms with van der Waals surface area (Å²) in [5, 5.41) is -0.0585. The van der Waals surface area contributed by atoms with Crippen molar-refractivity contribution in [1.82, 2.24) is 0 Å². The molecule has 0 heterocycles. The van der Waals surface area contributed by atoms with Gasteiger partial charge in [-0.2, -0.15) is 0 Å². The van der Waals surface area contributed by atoms with Crippen LogP contribution < -0.4 is 0 Å². The summed E-state index contributed by atoms with van der Waals surface area (Å²) < 4.78 is 36.5. The van der Waals surface area contributed by atoms with E-state index in [1.807, 2.05) is 0 Å². The molecule has 0 aliphatic carbocycles. The second-order valence-electron chi connectivity index (χ2n) is 6.22. The quantitative estimate of drug-likeness (QED) is 0.433. The van der Waals surface area contributed by atoms with Gasteiger partial charge in [0.05, 0.1) is 21.2 Å². The van der Waals surface area contributed by atoms with Gasteiger partial charge in [0.15, 0.2) is 0 Å². The first-order valence-electron chi connectivity index (χ1n) is 8.65. The Labute approximate surface area is 180 Å². The third-order valence-corrected chi connectivity index (χ3v) is 4.69. The fourth-order valence-electron chi connectivity index (χ4n) is 2.50. The van der Waals surface area contributed by atoms with Gasteiger partial charge in [-0.1, -0.05) is 47.5 Å². The smallest absolute Gasteiger partial charge is 0.339 e. The molecule has 0 radical (unpaired) electrons. The van der Waals surface area contributed by atoms with E-state index in [-0.39, 0.29) is 34.4 Å². The highest BCUT2D eigenvalue weighted by Gasteiger charge is 2.14. The SMILES string of the molecule is O=C(OCc1ccc(COC(=O)c2ccc(F)cc2Cl)cc1)c1ccc(F)cc1Cl. The summed E-state index contributed by atoms with van der Waals surface area (Å²) in [4.78, 5) is 24.1. The van der Waals surface area contributed by atoms with Crippen LogP contribution >= 0.6 is 23.2 Å². The largest absolute Gasteiger partial charge is 0.457 e. The molecule has 0 saturated heterocycles. The van der Waals surface area contributed by atoms with E-state index in [4.69, 9.17) is 32.7 Å². The zero-order valence-corrected chi connectivity index (χ0v) is 16.8. The third kappa shape index (κ3) is 5.55. The molecule has 0 amide bonds. The normalized spacial score (nSPS) is 10.5. The van der Waals surface area contributed by atoms with Crippen molar-refractivity contribution in [3.05, 3.63) is 105 Å². The fourth-order valence-corrected chi connectivity index (χ4v) is 2.98. The first kappa shape index (κ1) is 21.7. The average Bonchev–Trinajstić information content (AvgIpc) is 2.71. The van der Waals surface area contributed by atoms with Crippen molar-refractivity contribution in [1.29, 1.82) is 0 Å². The van der Waals surface area contributed by atoms with Gasteiger partial charge >= 0.3 is 11.9 Å². The minimum Gasteiger partial charge on any atom is -0.457 e. The van der Waals surface area contributed by atoms with Crippen LogP contribution in [0.5, 0.6) is 0 Å². The molecular formula is C22H14Cl2F2O4. The van der Waals surface area contributed by atoms with Gasteiger partial charge in [-0.25, -0.2) is 18.4 Å². The molecule has 3 aromatic rings. The molecule has 0 spiro atoms. The number of carbonyl (C=O) groups excluding carboxylic acids is 2. The van der Waals surface area contributed by atoms with Gasteiger partial charge in [-0.15, -0.1) is 0 Å². The van der Waals surface area contributed by atoms with Crippen molar-refractivity contribution in [2.24, 2.45) is 0 Å². The van der Waals surface area contributed by atoms with Crippen LogP contribution in [-0.4, -0.2) is 11.9 Å². The van der Waals surface area contributed by atoms with Crippen LogP contribution in [0, 0.1) is 11.6 Å². The van der Waals surface area contributed by atoms with E-state index < -0.39 is 23.6 Å². The molecular weight excluding hydrogens is 437 g/mol. The highest BCUT2D eigenvalue weighted by molar-refractivity contribution is 6.34. The predicted molar refractivity (Wildman–Crippen MR) is 108 cm³/mol. The van der Waals surface area contributed by atoms with Crippen LogP contribution in [0.3, 0.4) is 0 Å². The number of carbonyl (C=O) groups is 2. The second kappa shape index (κ2) is 9.69. The Morgan fingerprint density at radius 3 is 1.37 bits per heavy atom. The van der Waals surface area contributed by atoms with Crippen LogP contribution in [0.15, 0.2) is 60.7 Å². The van der Waals surface area contributed by atoms with E-state index in [1.54, 1.807) is 24.3 Å². The third-order valence-electron chi connectivity index (χ3n) is 4.06. The second-order valence-corrected chi connectivity index (χ2v) is 7.03. The Morgan fingerprint density at radius 1 is 0.667 bits per heavy atom. The maximum absolute atomic E-state index is 13.1. The lowest BCUT2D eigenvalue weighted by Crippen LogP contribution is -2.07. The van der Waals surface area contributed by atoms with Crippen LogP contribution in [-0.2, 0) is 22.7 Å². The molecule has 30 heavy (non-hydrogen) atoms. The highest BCUT2D eigenvalue weighted by Crippen LogP contribution is 2.20. The van der Waals surface area contributed by atoms with Gasteiger partial charge in [-0.3, -0.25) is 0 Å². The van der Waals surface area contributed by atoms with E-state index in [0.717, 1.165) is 24.3 Å². The molecule has 0 saturated carbocycles. The van der Waals surface area contributed by atoms with Gasteiger partial charge < -0.3 is 9.47 Å². The molecule has 0 N–H and O–H groups in total. The lowest BCUT2D eigenvalue weighted by molar-refractivity contribution is 0.0460. The summed E-state index contributed by atoms with van der Waals surface area (Å²) in [5.74, 6) is -2.44. The molecule has 8 heteroatoms. The molecule has 4 nitrogen and oxygen atoms in total. The van der Waals surface area contributed by atoms with Crippen molar-refractivity contribution in [3.63, 3.8) is 0 Å². The van der Waals surface area contributed by atoms with Gasteiger partial charge in [0, 0.05) is 0 Å². The Morgan fingerprint density at radius 2 is 1.03 bits per heavy atom. The molecule has 0 unspecified atom stereocenters. The Bertz CT molecular complexity index is 998. The Balaban J connectivity index is 1.53. The van der Waals surface area contributed by atoms with E-state index in [2.05, 4.69) is 0 Å². The van der Waals surface area contributed by atoms with Gasteiger partial charge in [-0.05, 0) is 47.5 Å². The molecule has 0 aliphatic heterocycles. The van der Waals surface area contributed by atoms with Crippen LogP contribution in [0.1, 0.15) is 31.8 Å². The van der Waals surface area contributed by atoms with Crippen molar-refractivity contribution in [2.75, 3.05) is 0 Å². The molecule has 0 aliphatic rings. The van der Waals surface area contributed by atoms with Crippen molar-refractivity contribution < 1.29 is 27.8 Å². The average molecular weight is 451 g/mol. The summed E-state index contributed by atoms with van der Waals surface area (Å²) in [5.41, 5.74) is 1.53. The summed E-state index contributed by atoms with van der Waals surface area (Å²) in [7, 11) is 0. The number of rotatable bonds is 6. The van der Waals surface area contributed by atoms with E-state index in [0.29, 0.717) is 11.1 Å². The zero-order chi connectivity index (χ0) is 21.7. The molecule has 0 atom stereocenters. The van der Waals surface area contributed by atoms with Crippen molar-refractivity contribution in [3.8, 4) is 0 Å². The lowest BCUT2D eigenvalue weighted by atomic mass is 10.1. The molecule has 154 valence electrons. The van der Waals surface area contributed by atoms with Crippen molar-refractivity contribution >= 4 is 35.1 Å². The molecule has 3 aromatic carbocycles. The van der Waals surface area contributed by atoms with Crippen LogP contribution in [0.25, 0.3) is 0 Å². The minimum atomic E-state index is -0.672. The molecule has 0 bridgehead atoms. The summed E-state index contributed by atoms with van der Waals surface area (Å²) >= 11 is 11.7. The summed E-state index contributed by atoms with van der Waals surface area (Å²) in [6.07, 6.45) is 0. The van der Waals surface area contributed by atoms with Crippen LogP contribution in [0.4, 0.5) is 8.78 Å². The minimum absolute atomic E-state index is 0.0161. The number of hydrogen-bond donors (Lipinski definition) is 0. The number of ether oxygens (including phenoxy) is 2. The fraction of sp³-hybridized carbons (Fsp3) is 0.0909. The number of halogens is 4. The molecule has 0 aromatic heterocycles. The number of esters is 2. The monoisotopic (exact) mass is 450 g/mol. The van der Waals surface area contributed by atoms with Gasteiger partial charge in [0.25, 0.3) is 0 Å². The zero-order valence-electron chi connectivity index (χ0n) is 15.3. The number of hydrogen-bond acceptors (Lipinski definition) is 4. The lowest BCUT2D eigenvalue weighted by Gasteiger charge is -2.09. The predicted octanol–water partition coefficient (Wildman–Crippen LogP) is 5.99. The van der Waals surface area contributed by atoms with Crippen molar-refractivity contribution in [2.45, 2.75) is 13.2 Å². The Kier molecular flexibility index (Phi) is 7.03. The van der Waals surface area contributed by atoms with E-state index in [1.165, 1.54) is 12.1 Å². The topological polar surface area (TPSA) is 52.6 Å². The Hall–Kier alpha value is -2.96. The van der Waals surface area contributed by atoms with E-state index in [9.17, 15) is 18.4 Å². The molecule has 0 fully saturated rings.